The highest BCUT2D eigenvalue weighted by molar-refractivity contribution is 7.89. The average Bonchev–Trinajstić information content (AvgIpc) is 2.88. The molecule has 6 nitrogen and oxygen atoms in total. The van der Waals surface area contributed by atoms with Gasteiger partial charge < -0.3 is 10.1 Å². The maximum Gasteiger partial charge on any atom is 0.240 e. The first-order valence-corrected chi connectivity index (χ1v) is 8.15. The second kappa shape index (κ2) is 6.50. The molecule has 21 heavy (non-hydrogen) atoms. The van der Waals surface area contributed by atoms with Crippen LogP contribution in [0.4, 0.5) is 10.1 Å². The maximum atomic E-state index is 13.6. The summed E-state index contributed by atoms with van der Waals surface area (Å²) in [6.45, 7) is 0.729. The number of ether oxygens (including phenoxy) is 1. The van der Waals surface area contributed by atoms with Crippen molar-refractivity contribution in [2.75, 3.05) is 11.9 Å². The number of amides is 1. The van der Waals surface area contributed by atoms with Crippen LogP contribution in [0.5, 0.6) is 0 Å². The number of hydrogen-bond acceptors (Lipinski definition) is 4. The van der Waals surface area contributed by atoms with E-state index in [4.69, 9.17) is 9.88 Å². The molecule has 1 fully saturated rings. The lowest BCUT2D eigenvalue weighted by Gasteiger charge is -2.10. The molecule has 1 aromatic rings. The third-order valence-electron chi connectivity index (χ3n) is 3.24. The SMILES string of the molecule is NS(=O)(=O)c1ccc(NC(=O)CCC2CCCO2)cc1F. The Morgan fingerprint density at radius 1 is 1.48 bits per heavy atom. The predicted octanol–water partition coefficient (Wildman–Crippen LogP) is 1.37. The molecule has 1 unspecified atom stereocenters. The summed E-state index contributed by atoms with van der Waals surface area (Å²) in [6.07, 6.45) is 2.95. The minimum atomic E-state index is -4.10. The number of hydrogen-bond donors (Lipinski definition) is 2. The van der Waals surface area contributed by atoms with E-state index in [-0.39, 0.29) is 24.1 Å². The zero-order chi connectivity index (χ0) is 15.5. The fraction of sp³-hybridized carbons (Fsp3) is 0.462. The Kier molecular flexibility index (Phi) is 4.92. The normalized spacial score (nSPS) is 18.7. The largest absolute Gasteiger partial charge is 0.378 e. The van der Waals surface area contributed by atoms with E-state index < -0.39 is 20.7 Å². The topological polar surface area (TPSA) is 98.5 Å². The molecule has 2 rings (SSSR count). The average molecular weight is 316 g/mol. The van der Waals surface area contributed by atoms with Crippen LogP contribution in [0.25, 0.3) is 0 Å². The highest BCUT2D eigenvalue weighted by Crippen LogP contribution is 2.19. The Morgan fingerprint density at radius 2 is 2.24 bits per heavy atom. The van der Waals surface area contributed by atoms with Crippen LogP contribution in [-0.2, 0) is 19.6 Å². The summed E-state index contributed by atoms with van der Waals surface area (Å²) in [5.74, 6) is -1.26. The lowest BCUT2D eigenvalue weighted by atomic mass is 10.1. The fourth-order valence-electron chi connectivity index (χ4n) is 2.20. The van der Waals surface area contributed by atoms with Crippen LogP contribution < -0.4 is 10.5 Å². The van der Waals surface area contributed by atoms with E-state index in [1.165, 1.54) is 6.07 Å². The first kappa shape index (κ1) is 15.9. The monoisotopic (exact) mass is 316 g/mol. The number of carbonyl (C=O) groups is 1. The third kappa shape index (κ3) is 4.48. The van der Waals surface area contributed by atoms with E-state index in [1.54, 1.807) is 0 Å². The second-order valence-electron chi connectivity index (χ2n) is 4.91. The van der Waals surface area contributed by atoms with E-state index in [9.17, 15) is 17.6 Å². The number of nitrogens with one attached hydrogen (secondary N) is 1. The van der Waals surface area contributed by atoms with Gasteiger partial charge in [-0.05, 0) is 37.5 Å². The van der Waals surface area contributed by atoms with Gasteiger partial charge in [-0.15, -0.1) is 0 Å². The van der Waals surface area contributed by atoms with Crippen LogP contribution in [0.15, 0.2) is 23.1 Å². The van der Waals surface area contributed by atoms with Crippen LogP contribution >= 0.6 is 0 Å². The van der Waals surface area contributed by atoms with Crippen LogP contribution in [0.2, 0.25) is 0 Å². The summed E-state index contributed by atoms with van der Waals surface area (Å²) < 4.78 is 41.1. The molecule has 8 heteroatoms. The minimum absolute atomic E-state index is 0.109. The van der Waals surface area contributed by atoms with Gasteiger partial charge in [-0.1, -0.05) is 0 Å². The van der Waals surface area contributed by atoms with Gasteiger partial charge in [-0.25, -0.2) is 17.9 Å². The molecule has 0 bridgehead atoms. The highest BCUT2D eigenvalue weighted by atomic mass is 32.2. The Bertz CT molecular complexity index is 627. The molecule has 1 atom stereocenters. The molecule has 0 radical (unpaired) electrons. The van der Waals surface area contributed by atoms with Crippen LogP contribution in [0.3, 0.4) is 0 Å². The first-order chi connectivity index (χ1) is 9.86. The molecule has 0 aromatic heterocycles. The lowest BCUT2D eigenvalue weighted by molar-refractivity contribution is -0.116. The molecule has 1 amide bonds. The van der Waals surface area contributed by atoms with Gasteiger partial charge in [-0.3, -0.25) is 4.79 Å². The summed E-state index contributed by atoms with van der Waals surface area (Å²) >= 11 is 0. The number of rotatable bonds is 5. The van der Waals surface area contributed by atoms with Gasteiger partial charge in [0.2, 0.25) is 15.9 Å². The number of carbonyl (C=O) groups excluding carboxylic acids is 1. The van der Waals surface area contributed by atoms with Gasteiger partial charge in [0.05, 0.1) is 6.10 Å². The van der Waals surface area contributed by atoms with Crippen molar-refractivity contribution in [1.82, 2.24) is 0 Å². The molecule has 0 saturated carbocycles. The molecular weight excluding hydrogens is 299 g/mol. The Balaban J connectivity index is 1.93. The zero-order valence-electron chi connectivity index (χ0n) is 11.3. The Labute approximate surface area is 122 Å². The summed E-state index contributed by atoms with van der Waals surface area (Å²) in [5, 5.41) is 7.37. The van der Waals surface area contributed by atoms with Crippen LogP contribution in [0.1, 0.15) is 25.7 Å². The molecule has 0 aliphatic carbocycles. The molecule has 1 aromatic carbocycles. The van der Waals surface area contributed by atoms with Crippen molar-refractivity contribution in [3.8, 4) is 0 Å². The third-order valence-corrected chi connectivity index (χ3v) is 4.18. The molecule has 1 aliphatic rings. The van der Waals surface area contributed by atoms with E-state index in [1.807, 2.05) is 0 Å². The predicted molar refractivity (Wildman–Crippen MR) is 74.6 cm³/mol. The van der Waals surface area contributed by atoms with Crippen molar-refractivity contribution in [1.29, 1.82) is 0 Å². The molecule has 1 heterocycles. The van der Waals surface area contributed by atoms with Crippen LogP contribution in [0, 0.1) is 5.82 Å². The Hall–Kier alpha value is -1.51. The van der Waals surface area contributed by atoms with Gasteiger partial charge in [-0.2, -0.15) is 0 Å². The van der Waals surface area contributed by atoms with Crippen molar-refractivity contribution in [3.63, 3.8) is 0 Å². The summed E-state index contributed by atoms with van der Waals surface area (Å²) in [6, 6.07) is 3.26. The first-order valence-electron chi connectivity index (χ1n) is 6.60. The standard InChI is InChI=1S/C13H17FN2O4S/c14-11-8-9(3-5-12(11)21(15,18)19)16-13(17)6-4-10-2-1-7-20-10/h3,5,8,10H,1-2,4,6-7H2,(H,16,17)(H2,15,18,19). The molecule has 1 aliphatic heterocycles. The minimum Gasteiger partial charge on any atom is -0.378 e. The van der Waals surface area contributed by atoms with Gasteiger partial charge in [0.15, 0.2) is 0 Å². The van der Waals surface area contributed by atoms with Gasteiger partial charge in [0.1, 0.15) is 10.7 Å². The molecule has 116 valence electrons. The number of primary sulfonamides is 1. The number of sulfonamides is 1. The van der Waals surface area contributed by atoms with E-state index in [0.29, 0.717) is 6.42 Å². The molecule has 3 N–H and O–H groups in total. The molecular formula is C13H17FN2O4S. The number of anilines is 1. The number of halogens is 1. The number of nitrogens with two attached hydrogens (primary N) is 1. The van der Waals surface area contributed by atoms with Crippen molar-refractivity contribution >= 4 is 21.6 Å². The summed E-state index contributed by atoms with van der Waals surface area (Å²) in [7, 11) is -4.10. The molecule has 1 saturated heterocycles. The van der Waals surface area contributed by atoms with Crippen molar-refractivity contribution in [2.24, 2.45) is 5.14 Å². The van der Waals surface area contributed by atoms with Crippen molar-refractivity contribution in [2.45, 2.75) is 36.7 Å². The van der Waals surface area contributed by atoms with Crippen molar-refractivity contribution in [3.05, 3.63) is 24.0 Å². The van der Waals surface area contributed by atoms with Gasteiger partial charge >= 0.3 is 0 Å². The fourth-order valence-corrected chi connectivity index (χ4v) is 2.79. The zero-order valence-corrected chi connectivity index (χ0v) is 12.2. The van der Waals surface area contributed by atoms with Gasteiger partial charge in [0, 0.05) is 18.7 Å². The quantitative estimate of drug-likeness (QED) is 0.857. The van der Waals surface area contributed by atoms with E-state index in [0.717, 1.165) is 31.6 Å². The van der Waals surface area contributed by atoms with E-state index in [2.05, 4.69) is 5.32 Å². The lowest BCUT2D eigenvalue weighted by Crippen LogP contribution is -2.17. The van der Waals surface area contributed by atoms with Gasteiger partial charge in [0.25, 0.3) is 0 Å². The molecule has 0 spiro atoms. The summed E-state index contributed by atoms with van der Waals surface area (Å²) in [5.41, 5.74) is 0.192. The van der Waals surface area contributed by atoms with E-state index >= 15 is 0 Å². The maximum absolute atomic E-state index is 13.6. The van der Waals surface area contributed by atoms with Crippen molar-refractivity contribution < 1.29 is 22.3 Å². The number of benzene rings is 1. The van der Waals surface area contributed by atoms with Crippen LogP contribution in [-0.4, -0.2) is 27.0 Å². The Morgan fingerprint density at radius 3 is 2.81 bits per heavy atom. The highest BCUT2D eigenvalue weighted by Gasteiger charge is 2.18. The second-order valence-corrected chi connectivity index (χ2v) is 6.44. The smallest absolute Gasteiger partial charge is 0.240 e. The summed E-state index contributed by atoms with van der Waals surface area (Å²) in [4.78, 5) is 11.1.